The van der Waals surface area contributed by atoms with Gasteiger partial charge in [-0.3, -0.25) is 4.79 Å². The normalized spacial score (nSPS) is 11.3. The Morgan fingerprint density at radius 3 is 2.39 bits per heavy atom. The van der Waals surface area contributed by atoms with Crippen LogP contribution < -0.4 is 10.5 Å². The summed E-state index contributed by atoms with van der Waals surface area (Å²) < 4.78 is 22.3. The van der Waals surface area contributed by atoms with E-state index in [2.05, 4.69) is 5.32 Å². The van der Waals surface area contributed by atoms with Crippen LogP contribution in [0.25, 0.3) is 0 Å². The molecule has 122 valence electrons. The first-order chi connectivity index (χ1) is 10.8. The van der Waals surface area contributed by atoms with Gasteiger partial charge in [-0.25, -0.2) is 13.6 Å². The molecule has 2 aromatic carbocycles. The summed E-state index contributed by atoms with van der Waals surface area (Å²) in [5.74, 6) is -0.119. The summed E-state index contributed by atoms with van der Waals surface area (Å²) in [6, 6.07) is 10.6. The molecule has 23 heavy (non-hydrogen) atoms. The zero-order chi connectivity index (χ0) is 17.0. The van der Waals surface area contributed by atoms with Crippen LogP contribution in [0.1, 0.15) is 0 Å². The van der Waals surface area contributed by atoms with E-state index in [0.717, 1.165) is 0 Å². The van der Waals surface area contributed by atoms with Crippen LogP contribution in [0.3, 0.4) is 0 Å². The number of halogens is 2. The highest BCUT2D eigenvalue weighted by Crippen LogP contribution is 2.29. The SMILES string of the molecule is NS(=O)(=O)c1ccc(NC(=O)CSc2cc(Cl)ccc2Cl)cc1. The maximum absolute atomic E-state index is 11.9. The van der Waals surface area contributed by atoms with Crippen molar-refractivity contribution in [1.82, 2.24) is 0 Å². The Labute approximate surface area is 148 Å². The van der Waals surface area contributed by atoms with E-state index in [1.54, 1.807) is 18.2 Å². The van der Waals surface area contributed by atoms with Crippen LogP contribution >= 0.6 is 35.0 Å². The van der Waals surface area contributed by atoms with Crippen LogP contribution in [0.5, 0.6) is 0 Å². The number of nitrogens with one attached hydrogen (secondary N) is 1. The fraction of sp³-hybridized carbons (Fsp3) is 0.0714. The second-order valence-corrected chi connectivity index (χ2v) is 7.90. The highest BCUT2D eigenvalue weighted by Gasteiger charge is 2.09. The molecule has 0 aliphatic rings. The molecule has 0 aliphatic heterocycles. The summed E-state index contributed by atoms with van der Waals surface area (Å²) in [6.45, 7) is 0. The second kappa shape index (κ2) is 7.55. The van der Waals surface area contributed by atoms with Crippen molar-refractivity contribution in [3.8, 4) is 0 Å². The lowest BCUT2D eigenvalue weighted by molar-refractivity contribution is -0.113. The predicted octanol–water partition coefficient (Wildman–Crippen LogP) is 3.37. The molecule has 0 fully saturated rings. The minimum atomic E-state index is -3.75. The monoisotopic (exact) mass is 390 g/mol. The van der Waals surface area contributed by atoms with E-state index in [-0.39, 0.29) is 16.6 Å². The zero-order valence-electron chi connectivity index (χ0n) is 11.6. The number of hydrogen-bond donors (Lipinski definition) is 2. The van der Waals surface area contributed by atoms with Gasteiger partial charge in [0.2, 0.25) is 15.9 Å². The average molecular weight is 391 g/mol. The van der Waals surface area contributed by atoms with Crippen molar-refractivity contribution in [2.24, 2.45) is 5.14 Å². The lowest BCUT2D eigenvalue weighted by Gasteiger charge is -2.07. The molecule has 0 unspecified atom stereocenters. The Hall–Kier alpha value is -1.25. The molecule has 0 radical (unpaired) electrons. The molecule has 9 heteroatoms. The maximum Gasteiger partial charge on any atom is 0.238 e. The van der Waals surface area contributed by atoms with Gasteiger partial charge in [0.25, 0.3) is 0 Å². The summed E-state index contributed by atoms with van der Waals surface area (Å²) in [4.78, 5) is 12.6. The van der Waals surface area contributed by atoms with E-state index < -0.39 is 10.0 Å². The van der Waals surface area contributed by atoms with E-state index in [9.17, 15) is 13.2 Å². The molecule has 0 saturated carbocycles. The molecule has 2 aromatic rings. The van der Waals surface area contributed by atoms with Crippen molar-refractivity contribution in [3.05, 3.63) is 52.5 Å². The first-order valence-electron chi connectivity index (χ1n) is 6.26. The van der Waals surface area contributed by atoms with E-state index in [1.807, 2.05) is 0 Å². The molecular weight excluding hydrogens is 379 g/mol. The number of primary sulfonamides is 1. The van der Waals surface area contributed by atoms with Gasteiger partial charge in [0.1, 0.15) is 0 Å². The smallest absolute Gasteiger partial charge is 0.238 e. The molecule has 2 rings (SSSR count). The number of benzene rings is 2. The third kappa shape index (κ3) is 5.40. The van der Waals surface area contributed by atoms with Gasteiger partial charge in [-0.05, 0) is 42.5 Å². The molecule has 0 aromatic heterocycles. The summed E-state index contributed by atoms with van der Waals surface area (Å²) in [6.07, 6.45) is 0. The Kier molecular flexibility index (Phi) is 5.94. The van der Waals surface area contributed by atoms with Crippen LogP contribution in [0, 0.1) is 0 Å². The van der Waals surface area contributed by atoms with E-state index >= 15 is 0 Å². The molecule has 0 bridgehead atoms. The van der Waals surface area contributed by atoms with E-state index in [0.29, 0.717) is 20.6 Å². The van der Waals surface area contributed by atoms with Gasteiger partial charge in [-0.15, -0.1) is 11.8 Å². The van der Waals surface area contributed by atoms with Gasteiger partial charge >= 0.3 is 0 Å². The second-order valence-electron chi connectivity index (χ2n) is 4.48. The van der Waals surface area contributed by atoms with Gasteiger partial charge in [0.05, 0.1) is 15.7 Å². The summed E-state index contributed by atoms with van der Waals surface area (Å²) in [5.41, 5.74) is 0.472. The van der Waals surface area contributed by atoms with Crippen LogP contribution in [0.2, 0.25) is 10.0 Å². The number of sulfonamides is 1. The summed E-state index contributed by atoms with van der Waals surface area (Å²) in [5, 5.41) is 8.71. The number of nitrogens with two attached hydrogens (primary N) is 1. The van der Waals surface area contributed by atoms with Crippen LogP contribution in [0.4, 0.5) is 5.69 Å². The molecule has 0 saturated heterocycles. The number of carbonyl (C=O) groups excluding carboxylic acids is 1. The highest BCUT2D eigenvalue weighted by molar-refractivity contribution is 8.00. The third-order valence-corrected chi connectivity index (χ3v) is 5.38. The Morgan fingerprint density at radius 2 is 1.78 bits per heavy atom. The average Bonchev–Trinajstić information content (AvgIpc) is 2.48. The van der Waals surface area contributed by atoms with Gasteiger partial charge in [-0.1, -0.05) is 23.2 Å². The fourth-order valence-electron chi connectivity index (χ4n) is 1.66. The topological polar surface area (TPSA) is 89.3 Å². The van der Waals surface area contributed by atoms with Crippen molar-refractivity contribution in [1.29, 1.82) is 0 Å². The van der Waals surface area contributed by atoms with Crippen molar-refractivity contribution in [2.45, 2.75) is 9.79 Å². The number of carbonyl (C=O) groups is 1. The minimum absolute atomic E-state index is 0.0180. The fourth-order valence-corrected chi connectivity index (χ4v) is 3.46. The molecule has 0 aliphatic carbocycles. The highest BCUT2D eigenvalue weighted by atomic mass is 35.5. The van der Waals surface area contributed by atoms with Crippen LogP contribution in [-0.2, 0) is 14.8 Å². The molecule has 5 nitrogen and oxygen atoms in total. The number of thioether (sulfide) groups is 1. The number of amides is 1. The molecular formula is C14H12Cl2N2O3S2. The van der Waals surface area contributed by atoms with Gasteiger partial charge in [0.15, 0.2) is 0 Å². The standard InChI is InChI=1S/C14H12Cl2N2O3S2/c15-9-1-6-12(16)13(7-9)22-8-14(19)18-10-2-4-11(5-3-10)23(17,20)21/h1-7H,8H2,(H,18,19)(H2,17,20,21). The third-order valence-electron chi connectivity index (χ3n) is 2.72. The Bertz CT molecular complexity index is 824. The molecule has 3 N–H and O–H groups in total. The Balaban J connectivity index is 1.96. The van der Waals surface area contributed by atoms with E-state index in [4.69, 9.17) is 28.3 Å². The number of anilines is 1. The molecule has 0 atom stereocenters. The Morgan fingerprint density at radius 1 is 1.13 bits per heavy atom. The van der Waals surface area contributed by atoms with Crippen molar-refractivity contribution < 1.29 is 13.2 Å². The molecule has 0 spiro atoms. The largest absolute Gasteiger partial charge is 0.325 e. The van der Waals surface area contributed by atoms with Crippen LogP contribution in [-0.4, -0.2) is 20.1 Å². The predicted molar refractivity (Wildman–Crippen MR) is 93.6 cm³/mol. The van der Waals surface area contributed by atoms with Gasteiger partial charge < -0.3 is 5.32 Å². The molecule has 0 heterocycles. The molecule has 1 amide bonds. The van der Waals surface area contributed by atoms with Gasteiger partial charge in [-0.2, -0.15) is 0 Å². The summed E-state index contributed by atoms with van der Waals surface area (Å²) in [7, 11) is -3.75. The van der Waals surface area contributed by atoms with Gasteiger partial charge in [0, 0.05) is 15.6 Å². The number of hydrogen-bond acceptors (Lipinski definition) is 4. The summed E-state index contributed by atoms with van der Waals surface area (Å²) >= 11 is 13.2. The maximum atomic E-state index is 11.9. The van der Waals surface area contributed by atoms with E-state index in [1.165, 1.54) is 36.0 Å². The van der Waals surface area contributed by atoms with Crippen molar-refractivity contribution in [2.75, 3.05) is 11.1 Å². The lowest BCUT2D eigenvalue weighted by atomic mass is 10.3. The quantitative estimate of drug-likeness (QED) is 0.765. The first-order valence-corrected chi connectivity index (χ1v) is 9.55. The number of rotatable bonds is 5. The zero-order valence-corrected chi connectivity index (χ0v) is 14.8. The van der Waals surface area contributed by atoms with Crippen LogP contribution in [0.15, 0.2) is 52.3 Å². The van der Waals surface area contributed by atoms with Crippen molar-refractivity contribution >= 4 is 56.6 Å². The lowest BCUT2D eigenvalue weighted by Crippen LogP contribution is -2.15. The minimum Gasteiger partial charge on any atom is -0.325 e. The first kappa shape index (κ1) is 18.1. The van der Waals surface area contributed by atoms with Crippen molar-refractivity contribution in [3.63, 3.8) is 0 Å².